The quantitative estimate of drug-likeness (QED) is 0.635. The molecule has 7 heteroatoms. The maximum Gasteiger partial charge on any atom is 0.262 e. The monoisotopic (exact) mass is 357 g/mol. The molecule has 26 heavy (non-hydrogen) atoms. The van der Waals surface area contributed by atoms with Gasteiger partial charge in [0.2, 0.25) is 0 Å². The molecule has 2 rings (SSSR count). The van der Waals surface area contributed by atoms with Gasteiger partial charge < -0.3 is 25.8 Å². The summed E-state index contributed by atoms with van der Waals surface area (Å²) in [4.78, 5) is 24.2. The van der Waals surface area contributed by atoms with Crippen molar-refractivity contribution in [3.63, 3.8) is 0 Å². The van der Waals surface area contributed by atoms with Gasteiger partial charge in [-0.25, -0.2) is 0 Å². The van der Waals surface area contributed by atoms with Crippen LogP contribution in [-0.4, -0.2) is 38.1 Å². The standard InChI is InChI=1S/C19H23N3O4/c1-2-25-14-7-9-15(10-8-14)26-13-18(23)22-17-6-4-3-5-16(17)19(24)21-12-11-20/h3-10H,2,11-13,20H2,1H3,(H,21,24)(H,22,23). The van der Waals surface area contributed by atoms with Crippen LogP contribution >= 0.6 is 0 Å². The van der Waals surface area contributed by atoms with Crippen LogP contribution in [0.4, 0.5) is 5.69 Å². The summed E-state index contributed by atoms with van der Waals surface area (Å²) in [5.74, 6) is 0.635. The molecule has 0 radical (unpaired) electrons. The first-order valence-corrected chi connectivity index (χ1v) is 8.37. The van der Waals surface area contributed by atoms with E-state index in [-0.39, 0.29) is 18.4 Å². The van der Waals surface area contributed by atoms with Crippen LogP contribution in [0.1, 0.15) is 17.3 Å². The predicted octanol–water partition coefficient (Wildman–Crippen LogP) is 1.79. The number of carbonyl (C=O) groups is 2. The summed E-state index contributed by atoms with van der Waals surface area (Å²) in [5, 5.41) is 5.37. The summed E-state index contributed by atoms with van der Waals surface area (Å²) in [6.45, 7) is 3.02. The van der Waals surface area contributed by atoms with Gasteiger partial charge in [-0.05, 0) is 43.3 Å². The lowest BCUT2D eigenvalue weighted by molar-refractivity contribution is -0.118. The predicted molar refractivity (Wildman–Crippen MR) is 99.6 cm³/mol. The van der Waals surface area contributed by atoms with E-state index in [1.54, 1.807) is 48.5 Å². The molecular formula is C19H23N3O4. The number of amides is 2. The number of nitrogens with two attached hydrogens (primary N) is 1. The van der Waals surface area contributed by atoms with Gasteiger partial charge >= 0.3 is 0 Å². The first kappa shape index (κ1) is 19.3. The van der Waals surface area contributed by atoms with E-state index < -0.39 is 0 Å². The maximum absolute atomic E-state index is 12.1. The minimum absolute atomic E-state index is 0.174. The van der Waals surface area contributed by atoms with Gasteiger partial charge in [-0.2, -0.15) is 0 Å². The Morgan fingerprint density at radius 1 is 1.00 bits per heavy atom. The van der Waals surface area contributed by atoms with Crippen LogP contribution in [0.5, 0.6) is 11.5 Å². The number of rotatable bonds is 9. The van der Waals surface area contributed by atoms with E-state index in [1.165, 1.54) is 0 Å². The fourth-order valence-corrected chi connectivity index (χ4v) is 2.20. The van der Waals surface area contributed by atoms with E-state index in [1.807, 2.05) is 6.92 Å². The molecule has 7 nitrogen and oxygen atoms in total. The molecule has 0 spiro atoms. The van der Waals surface area contributed by atoms with Crippen molar-refractivity contribution >= 4 is 17.5 Å². The molecular weight excluding hydrogens is 334 g/mol. The molecule has 0 aromatic heterocycles. The summed E-state index contributed by atoms with van der Waals surface area (Å²) in [6, 6.07) is 13.8. The summed E-state index contributed by atoms with van der Waals surface area (Å²) < 4.78 is 10.8. The lowest BCUT2D eigenvalue weighted by Crippen LogP contribution is -2.30. The number of benzene rings is 2. The number of anilines is 1. The van der Waals surface area contributed by atoms with E-state index in [0.29, 0.717) is 36.7 Å². The second-order valence-electron chi connectivity index (χ2n) is 5.33. The average Bonchev–Trinajstić information content (AvgIpc) is 2.66. The average molecular weight is 357 g/mol. The molecule has 0 unspecified atom stereocenters. The fourth-order valence-electron chi connectivity index (χ4n) is 2.20. The van der Waals surface area contributed by atoms with Crippen LogP contribution in [0.25, 0.3) is 0 Å². The number of para-hydroxylation sites is 1. The summed E-state index contributed by atoms with van der Waals surface area (Å²) in [7, 11) is 0. The SMILES string of the molecule is CCOc1ccc(OCC(=O)Nc2ccccc2C(=O)NCCN)cc1. The molecule has 138 valence electrons. The van der Waals surface area contributed by atoms with Crippen molar-refractivity contribution in [2.75, 3.05) is 31.6 Å². The molecule has 0 fully saturated rings. The van der Waals surface area contributed by atoms with Crippen molar-refractivity contribution in [1.29, 1.82) is 0 Å². The second kappa shape index (κ2) is 10.0. The molecule has 2 amide bonds. The topological polar surface area (TPSA) is 103 Å². The Labute approximate surface area is 152 Å². The van der Waals surface area contributed by atoms with Crippen LogP contribution in [-0.2, 0) is 4.79 Å². The van der Waals surface area contributed by atoms with Crippen LogP contribution in [0, 0.1) is 0 Å². The first-order valence-electron chi connectivity index (χ1n) is 8.37. The van der Waals surface area contributed by atoms with Crippen molar-refractivity contribution in [1.82, 2.24) is 5.32 Å². The van der Waals surface area contributed by atoms with Gasteiger partial charge in [0.25, 0.3) is 11.8 Å². The van der Waals surface area contributed by atoms with Crippen molar-refractivity contribution in [2.45, 2.75) is 6.92 Å². The van der Waals surface area contributed by atoms with E-state index >= 15 is 0 Å². The fraction of sp³-hybridized carbons (Fsp3) is 0.263. The van der Waals surface area contributed by atoms with E-state index in [0.717, 1.165) is 5.75 Å². The molecule has 0 heterocycles. The third kappa shape index (κ3) is 5.78. The molecule has 0 atom stereocenters. The van der Waals surface area contributed by atoms with Crippen molar-refractivity contribution in [3.8, 4) is 11.5 Å². The lowest BCUT2D eigenvalue weighted by atomic mass is 10.1. The maximum atomic E-state index is 12.1. The molecule has 2 aromatic rings. The highest BCUT2D eigenvalue weighted by Gasteiger charge is 2.13. The van der Waals surface area contributed by atoms with Crippen molar-refractivity contribution < 1.29 is 19.1 Å². The molecule has 2 aromatic carbocycles. The molecule has 0 saturated heterocycles. The van der Waals surface area contributed by atoms with Crippen LogP contribution in [0.2, 0.25) is 0 Å². The number of hydrogen-bond acceptors (Lipinski definition) is 5. The number of hydrogen-bond donors (Lipinski definition) is 3. The minimum atomic E-state index is -0.363. The smallest absolute Gasteiger partial charge is 0.262 e. The molecule has 0 bridgehead atoms. The van der Waals surface area contributed by atoms with Crippen LogP contribution in [0.3, 0.4) is 0 Å². The number of nitrogens with one attached hydrogen (secondary N) is 2. The summed E-state index contributed by atoms with van der Waals surface area (Å²) in [6.07, 6.45) is 0. The molecule has 0 aliphatic rings. The van der Waals surface area contributed by atoms with Gasteiger partial charge in [0, 0.05) is 13.1 Å². The molecule has 0 aliphatic carbocycles. The zero-order valence-corrected chi connectivity index (χ0v) is 14.7. The van der Waals surface area contributed by atoms with Gasteiger partial charge in [0.1, 0.15) is 11.5 Å². The molecule has 0 saturated carbocycles. The Bertz CT molecular complexity index is 732. The highest BCUT2D eigenvalue weighted by Crippen LogP contribution is 2.18. The first-order chi connectivity index (χ1) is 12.6. The highest BCUT2D eigenvalue weighted by atomic mass is 16.5. The van der Waals surface area contributed by atoms with Gasteiger partial charge in [-0.3, -0.25) is 9.59 Å². The lowest BCUT2D eigenvalue weighted by Gasteiger charge is -2.12. The van der Waals surface area contributed by atoms with Gasteiger partial charge in [0.05, 0.1) is 17.9 Å². The molecule has 0 aliphatic heterocycles. The van der Waals surface area contributed by atoms with Crippen LogP contribution in [0.15, 0.2) is 48.5 Å². The van der Waals surface area contributed by atoms with Gasteiger partial charge in [0.15, 0.2) is 6.61 Å². The Morgan fingerprint density at radius 3 is 2.31 bits per heavy atom. The van der Waals surface area contributed by atoms with E-state index in [4.69, 9.17) is 15.2 Å². The largest absolute Gasteiger partial charge is 0.494 e. The van der Waals surface area contributed by atoms with E-state index in [2.05, 4.69) is 10.6 Å². The number of carbonyl (C=O) groups excluding carboxylic acids is 2. The van der Waals surface area contributed by atoms with Crippen LogP contribution < -0.4 is 25.8 Å². The van der Waals surface area contributed by atoms with E-state index in [9.17, 15) is 9.59 Å². The summed E-state index contributed by atoms with van der Waals surface area (Å²) >= 11 is 0. The van der Waals surface area contributed by atoms with Crippen molar-refractivity contribution in [3.05, 3.63) is 54.1 Å². The second-order valence-corrected chi connectivity index (χ2v) is 5.33. The molecule has 4 N–H and O–H groups in total. The number of ether oxygens (including phenoxy) is 2. The third-order valence-electron chi connectivity index (χ3n) is 3.38. The van der Waals surface area contributed by atoms with Gasteiger partial charge in [-0.1, -0.05) is 12.1 Å². The Kier molecular flexibility index (Phi) is 7.45. The summed E-state index contributed by atoms with van der Waals surface area (Å²) in [5.41, 5.74) is 6.18. The Morgan fingerprint density at radius 2 is 1.65 bits per heavy atom. The van der Waals surface area contributed by atoms with Crippen molar-refractivity contribution in [2.24, 2.45) is 5.73 Å². The zero-order chi connectivity index (χ0) is 18.8. The van der Waals surface area contributed by atoms with Gasteiger partial charge in [-0.15, -0.1) is 0 Å². The Hall–Kier alpha value is -3.06. The third-order valence-corrected chi connectivity index (χ3v) is 3.38. The zero-order valence-electron chi connectivity index (χ0n) is 14.7. The normalized spacial score (nSPS) is 10.1. The highest BCUT2D eigenvalue weighted by molar-refractivity contribution is 6.04. The Balaban J connectivity index is 1.92. The minimum Gasteiger partial charge on any atom is -0.494 e.